The normalized spacial score (nSPS) is 18.5. The average molecular weight is 285 g/mol. The number of amides is 2. The van der Waals surface area contributed by atoms with Crippen LogP contribution in [0.15, 0.2) is 24.3 Å². The van der Waals surface area contributed by atoms with Crippen molar-refractivity contribution in [3.63, 3.8) is 0 Å². The van der Waals surface area contributed by atoms with Crippen LogP contribution in [0.25, 0.3) is 0 Å². The van der Waals surface area contributed by atoms with Gasteiger partial charge in [0.2, 0.25) is 11.8 Å². The Morgan fingerprint density at radius 2 is 2.21 bits per heavy atom. The molecule has 0 bridgehead atoms. The molecule has 5 nitrogen and oxygen atoms in total. The third-order valence-electron chi connectivity index (χ3n) is 2.93. The maximum atomic E-state index is 11.5. The first-order chi connectivity index (χ1) is 8.69. The second-order valence-corrected chi connectivity index (χ2v) is 4.24. The molecule has 19 heavy (non-hydrogen) atoms. The van der Waals surface area contributed by atoms with Crippen molar-refractivity contribution < 1.29 is 14.3 Å². The Morgan fingerprint density at radius 3 is 2.89 bits per heavy atom. The quantitative estimate of drug-likeness (QED) is 0.810. The first-order valence-corrected chi connectivity index (χ1v) is 5.89. The number of carbonyl (C=O) groups excluding carboxylic acids is 2. The van der Waals surface area contributed by atoms with E-state index in [0.717, 1.165) is 11.3 Å². The molecular weight excluding hydrogens is 268 g/mol. The Kier molecular flexibility index (Phi) is 5.79. The van der Waals surface area contributed by atoms with Gasteiger partial charge in [-0.1, -0.05) is 12.1 Å². The van der Waals surface area contributed by atoms with Crippen molar-refractivity contribution in [1.82, 2.24) is 10.6 Å². The molecule has 0 spiro atoms. The van der Waals surface area contributed by atoms with Gasteiger partial charge >= 0.3 is 0 Å². The second kappa shape index (κ2) is 7.11. The number of benzene rings is 1. The smallest absolute Gasteiger partial charge is 0.243 e. The summed E-state index contributed by atoms with van der Waals surface area (Å²) in [5, 5.41) is 5.46. The number of hydrogen-bond acceptors (Lipinski definition) is 4. The summed E-state index contributed by atoms with van der Waals surface area (Å²) < 4.78 is 5.13. The van der Waals surface area contributed by atoms with Crippen molar-refractivity contribution in [1.29, 1.82) is 0 Å². The number of rotatable bonds is 4. The molecule has 104 valence electrons. The van der Waals surface area contributed by atoms with E-state index in [0.29, 0.717) is 19.4 Å². The molecule has 1 aromatic rings. The molecule has 2 N–H and O–H groups in total. The lowest BCUT2D eigenvalue weighted by Crippen LogP contribution is -2.50. The standard InChI is InChI=1S/C13H16N2O3.ClH/c1-18-10-4-2-3-9(7-10)8-14-11-5-6-12(16)15-13(11)17;/h2-4,7,11,14H,5-6,8H2,1H3,(H,15,16,17);1H. The fourth-order valence-electron chi connectivity index (χ4n) is 1.91. The largest absolute Gasteiger partial charge is 0.497 e. The average Bonchev–Trinajstić information content (AvgIpc) is 2.38. The Bertz CT molecular complexity index is 465. The number of carbonyl (C=O) groups is 2. The highest BCUT2D eigenvalue weighted by Gasteiger charge is 2.25. The fraction of sp³-hybridized carbons (Fsp3) is 0.385. The highest BCUT2D eigenvalue weighted by molar-refractivity contribution is 6.00. The Balaban J connectivity index is 0.00000180. The molecule has 2 amide bonds. The van der Waals surface area contributed by atoms with Gasteiger partial charge in [0.05, 0.1) is 13.2 Å². The molecule has 1 unspecified atom stereocenters. The molecule has 0 saturated carbocycles. The Morgan fingerprint density at radius 1 is 1.42 bits per heavy atom. The van der Waals surface area contributed by atoms with Gasteiger partial charge in [-0.05, 0) is 24.1 Å². The summed E-state index contributed by atoms with van der Waals surface area (Å²) >= 11 is 0. The monoisotopic (exact) mass is 284 g/mol. The van der Waals surface area contributed by atoms with Crippen LogP contribution in [0.1, 0.15) is 18.4 Å². The SMILES string of the molecule is COc1cccc(CNC2CCC(=O)NC2=O)c1.Cl. The molecule has 1 aliphatic rings. The predicted molar refractivity (Wildman–Crippen MR) is 73.3 cm³/mol. The van der Waals surface area contributed by atoms with E-state index in [9.17, 15) is 9.59 Å². The Labute approximate surface area is 118 Å². The van der Waals surface area contributed by atoms with Crippen LogP contribution in [-0.2, 0) is 16.1 Å². The number of imide groups is 1. The molecule has 6 heteroatoms. The van der Waals surface area contributed by atoms with Crippen LogP contribution in [0.2, 0.25) is 0 Å². The van der Waals surface area contributed by atoms with E-state index < -0.39 is 0 Å². The maximum Gasteiger partial charge on any atom is 0.243 e. The van der Waals surface area contributed by atoms with Crippen LogP contribution in [0, 0.1) is 0 Å². The lowest BCUT2D eigenvalue weighted by atomic mass is 10.1. The van der Waals surface area contributed by atoms with Crippen LogP contribution in [0.4, 0.5) is 0 Å². The first-order valence-electron chi connectivity index (χ1n) is 5.89. The van der Waals surface area contributed by atoms with Crippen LogP contribution in [0.5, 0.6) is 5.75 Å². The third-order valence-corrected chi connectivity index (χ3v) is 2.93. The molecule has 0 radical (unpaired) electrons. The van der Waals surface area contributed by atoms with Crippen molar-refractivity contribution >= 4 is 24.2 Å². The highest BCUT2D eigenvalue weighted by Crippen LogP contribution is 2.13. The van der Waals surface area contributed by atoms with Gasteiger partial charge < -0.3 is 10.1 Å². The number of piperidine rings is 1. The molecule has 0 aromatic heterocycles. The zero-order valence-corrected chi connectivity index (χ0v) is 11.5. The van der Waals surface area contributed by atoms with E-state index in [1.807, 2.05) is 24.3 Å². The summed E-state index contributed by atoms with van der Waals surface area (Å²) in [5.41, 5.74) is 1.04. The van der Waals surface area contributed by atoms with E-state index >= 15 is 0 Å². The van der Waals surface area contributed by atoms with E-state index in [1.165, 1.54) is 0 Å². The van der Waals surface area contributed by atoms with E-state index in [1.54, 1.807) is 7.11 Å². The van der Waals surface area contributed by atoms with E-state index in [4.69, 9.17) is 4.74 Å². The van der Waals surface area contributed by atoms with Crippen molar-refractivity contribution in [2.45, 2.75) is 25.4 Å². The number of ether oxygens (including phenoxy) is 1. The summed E-state index contributed by atoms with van der Waals surface area (Å²) in [5.74, 6) is 0.353. The molecule has 0 aliphatic carbocycles. The van der Waals surface area contributed by atoms with Gasteiger partial charge in [-0.15, -0.1) is 12.4 Å². The summed E-state index contributed by atoms with van der Waals surface area (Å²) in [6, 6.07) is 7.35. The summed E-state index contributed by atoms with van der Waals surface area (Å²) in [7, 11) is 1.62. The zero-order chi connectivity index (χ0) is 13.0. The van der Waals surface area contributed by atoms with Gasteiger partial charge in [0.25, 0.3) is 0 Å². The minimum atomic E-state index is -0.297. The topological polar surface area (TPSA) is 67.4 Å². The minimum Gasteiger partial charge on any atom is -0.497 e. The number of halogens is 1. The van der Waals surface area contributed by atoms with Crippen molar-refractivity contribution in [2.24, 2.45) is 0 Å². The van der Waals surface area contributed by atoms with Crippen molar-refractivity contribution in [2.75, 3.05) is 7.11 Å². The van der Waals surface area contributed by atoms with Crippen LogP contribution < -0.4 is 15.4 Å². The van der Waals surface area contributed by atoms with Crippen LogP contribution in [-0.4, -0.2) is 25.0 Å². The highest BCUT2D eigenvalue weighted by atomic mass is 35.5. The van der Waals surface area contributed by atoms with Gasteiger partial charge in [0, 0.05) is 13.0 Å². The van der Waals surface area contributed by atoms with Gasteiger partial charge in [0.15, 0.2) is 0 Å². The van der Waals surface area contributed by atoms with Gasteiger partial charge in [-0.2, -0.15) is 0 Å². The zero-order valence-electron chi connectivity index (χ0n) is 10.6. The summed E-state index contributed by atoms with van der Waals surface area (Å²) in [6.07, 6.45) is 0.941. The number of hydrogen-bond donors (Lipinski definition) is 2. The van der Waals surface area contributed by atoms with Crippen molar-refractivity contribution in [3.8, 4) is 5.75 Å². The molecule has 1 atom stereocenters. The molecule has 2 rings (SSSR count). The predicted octanol–water partition coefficient (Wildman–Crippen LogP) is 1.01. The fourth-order valence-corrected chi connectivity index (χ4v) is 1.91. The lowest BCUT2D eigenvalue weighted by molar-refractivity contribution is -0.134. The lowest BCUT2D eigenvalue weighted by Gasteiger charge is -2.21. The number of nitrogens with one attached hydrogen (secondary N) is 2. The van der Waals surface area contributed by atoms with Crippen LogP contribution >= 0.6 is 12.4 Å². The van der Waals surface area contributed by atoms with Crippen molar-refractivity contribution in [3.05, 3.63) is 29.8 Å². The molecule has 1 saturated heterocycles. The molecule has 1 aromatic carbocycles. The molecule has 1 fully saturated rings. The van der Waals surface area contributed by atoms with Crippen LogP contribution in [0.3, 0.4) is 0 Å². The maximum absolute atomic E-state index is 11.5. The summed E-state index contributed by atoms with van der Waals surface area (Å²) in [4.78, 5) is 22.5. The molecule has 1 heterocycles. The Hall–Kier alpha value is -1.59. The van der Waals surface area contributed by atoms with Gasteiger partial charge in [-0.25, -0.2) is 0 Å². The summed E-state index contributed by atoms with van der Waals surface area (Å²) in [6.45, 7) is 0.573. The first kappa shape index (κ1) is 15.5. The van der Waals surface area contributed by atoms with E-state index in [2.05, 4.69) is 10.6 Å². The third kappa shape index (κ3) is 4.22. The van der Waals surface area contributed by atoms with Gasteiger partial charge in [0.1, 0.15) is 5.75 Å². The second-order valence-electron chi connectivity index (χ2n) is 4.24. The number of methoxy groups -OCH3 is 1. The van der Waals surface area contributed by atoms with E-state index in [-0.39, 0.29) is 30.3 Å². The molecular formula is C13H17ClN2O3. The van der Waals surface area contributed by atoms with Gasteiger partial charge in [-0.3, -0.25) is 14.9 Å². The minimum absolute atomic E-state index is 0. The molecule has 1 aliphatic heterocycles.